The molecule has 2 N–H and O–H groups in total. The van der Waals surface area contributed by atoms with E-state index in [2.05, 4.69) is 11.4 Å². The zero-order valence-corrected chi connectivity index (χ0v) is 11.6. The lowest BCUT2D eigenvalue weighted by molar-refractivity contribution is -0.126. The first-order valence-corrected chi connectivity index (χ1v) is 7.10. The zero-order valence-electron chi connectivity index (χ0n) is 11.6. The molecular weight excluding hydrogens is 273 g/mol. The summed E-state index contributed by atoms with van der Waals surface area (Å²) in [6.45, 7) is 0. The molecule has 2 heterocycles. The maximum atomic E-state index is 13.0. The van der Waals surface area contributed by atoms with Crippen LogP contribution < -0.4 is 10.6 Å². The molecule has 1 aromatic heterocycles. The standard InChI is InChI=1S/C15H17FN3O2/c16-10-4-5-12(18-9-10)19-11(13(17)20)8-15(14(19)21)6-2-1-3-7-15/h2,4-5,9,11H,1,3,6-8H2,(H2,17,20). The Kier molecular flexibility index (Phi) is 3.39. The molecule has 2 amide bonds. The molecule has 0 aromatic carbocycles. The minimum Gasteiger partial charge on any atom is -0.368 e. The molecule has 111 valence electrons. The van der Waals surface area contributed by atoms with Crippen molar-refractivity contribution < 1.29 is 14.0 Å². The third kappa shape index (κ3) is 2.28. The van der Waals surface area contributed by atoms with Crippen molar-refractivity contribution in [1.29, 1.82) is 0 Å². The Balaban J connectivity index is 1.98. The number of anilines is 1. The highest BCUT2D eigenvalue weighted by atomic mass is 19.1. The van der Waals surface area contributed by atoms with Gasteiger partial charge in [0.1, 0.15) is 17.7 Å². The van der Waals surface area contributed by atoms with Crippen LogP contribution in [0.4, 0.5) is 10.2 Å². The van der Waals surface area contributed by atoms with Crippen molar-refractivity contribution in [2.24, 2.45) is 11.1 Å². The Labute approximate surface area is 122 Å². The molecule has 0 bridgehead atoms. The van der Waals surface area contributed by atoms with Crippen LogP contribution in [0.25, 0.3) is 0 Å². The van der Waals surface area contributed by atoms with Crippen LogP contribution in [0.5, 0.6) is 0 Å². The van der Waals surface area contributed by atoms with Crippen LogP contribution in [-0.4, -0.2) is 22.8 Å². The van der Waals surface area contributed by atoms with E-state index in [1.165, 1.54) is 17.0 Å². The van der Waals surface area contributed by atoms with E-state index in [0.717, 1.165) is 25.5 Å². The van der Waals surface area contributed by atoms with E-state index in [-0.39, 0.29) is 11.7 Å². The molecule has 1 saturated carbocycles. The second-order valence-electron chi connectivity index (χ2n) is 5.80. The third-order valence-corrected chi connectivity index (χ3v) is 4.45. The smallest absolute Gasteiger partial charge is 0.240 e. The number of amides is 2. The number of primary amides is 1. The third-order valence-electron chi connectivity index (χ3n) is 4.45. The SMILES string of the molecule is NC(=O)C1CC2(C[CH]CCC2)C(=O)N1c1ccc(F)cn1. The van der Waals surface area contributed by atoms with E-state index < -0.39 is 23.2 Å². The summed E-state index contributed by atoms with van der Waals surface area (Å²) in [6.07, 6.45) is 6.89. The van der Waals surface area contributed by atoms with Crippen molar-refractivity contribution in [3.05, 3.63) is 30.6 Å². The van der Waals surface area contributed by atoms with Gasteiger partial charge in [0.05, 0.1) is 11.6 Å². The predicted molar refractivity (Wildman–Crippen MR) is 74.5 cm³/mol. The summed E-state index contributed by atoms with van der Waals surface area (Å²) in [5.41, 5.74) is 4.92. The second kappa shape index (κ2) is 5.09. The van der Waals surface area contributed by atoms with E-state index in [1.807, 2.05) is 0 Å². The zero-order chi connectivity index (χ0) is 15.0. The van der Waals surface area contributed by atoms with Crippen LogP contribution in [0.3, 0.4) is 0 Å². The van der Waals surface area contributed by atoms with Crippen LogP contribution in [0, 0.1) is 17.7 Å². The van der Waals surface area contributed by atoms with Crippen molar-refractivity contribution in [2.75, 3.05) is 4.90 Å². The second-order valence-corrected chi connectivity index (χ2v) is 5.80. The molecule has 21 heavy (non-hydrogen) atoms. The molecule has 1 aliphatic heterocycles. The molecule has 1 aliphatic carbocycles. The summed E-state index contributed by atoms with van der Waals surface area (Å²) < 4.78 is 13.0. The van der Waals surface area contributed by atoms with Gasteiger partial charge in [0.15, 0.2) is 0 Å². The van der Waals surface area contributed by atoms with E-state index in [4.69, 9.17) is 5.73 Å². The highest BCUT2D eigenvalue weighted by Gasteiger charge is 2.54. The van der Waals surface area contributed by atoms with Crippen LogP contribution in [-0.2, 0) is 9.59 Å². The van der Waals surface area contributed by atoms with Gasteiger partial charge in [-0.2, -0.15) is 0 Å². The van der Waals surface area contributed by atoms with Gasteiger partial charge in [0.2, 0.25) is 11.8 Å². The molecule has 1 saturated heterocycles. The monoisotopic (exact) mass is 290 g/mol. The van der Waals surface area contributed by atoms with E-state index in [9.17, 15) is 14.0 Å². The molecule has 1 spiro atoms. The number of nitrogens with zero attached hydrogens (tertiary/aromatic N) is 2. The Bertz CT molecular complexity index is 567. The molecule has 2 fully saturated rings. The number of carbonyl (C=O) groups excluding carboxylic acids is 2. The minimum absolute atomic E-state index is 0.124. The molecule has 1 radical (unpaired) electrons. The molecule has 5 nitrogen and oxygen atoms in total. The minimum atomic E-state index is -0.707. The molecule has 3 rings (SSSR count). The van der Waals surface area contributed by atoms with Crippen LogP contribution in [0.15, 0.2) is 18.3 Å². The van der Waals surface area contributed by atoms with Gasteiger partial charge in [0, 0.05) is 0 Å². The maximum absolute atomic E-state index is 13.0. The maximum Gasteiger partial charge on any atom is 0.240 e. The summed E-state index contributed by atoms with van der Waals surface area (Å²) in [6, 6.07) is 1.93. The van der Waals surface area contributed by atoms with Gasteiger partial charge in [-0.1, -0.05) is 12.8 Å². The van der Waals surface area contributed by atoms with Crippen molar-refractivity contribution in [3.8, 4) is 0 Å². The van der Waals surface area contributed by atoms with Crippen molar-refractivity contribution in [3.63, 3.8) is 0 Å². The normalized spacial score (nSPS) is 24.5. The number of nitrogens with two attached hydrogens (primary N) is 1. The molecule has 6 heteroatoms. The Morgan fingerprint density at radius 1 is 1.48 bits per heavy atom. The molecule has 2 atom stereocenters. The number of halogens is 1. The van der Waals surface area contributed by atoms with Crippen molar-refractivity contribution in [1.82, 2.24) is 4.98 Å². The Morgan fingerprint density at radius 3 is 2.86 bits per heavy atom. The van der Waals surface area contributed by atoms with E-state index in [0.29, 0.717) is 12.8 Å². The highest BCUT2D eigenvalue weighted by Crippen LogP contribution is 2.47. The lowest BCUT2D eigenvalue weighted by Gasteiger charge is -2.30. The first-order chi connectivity index (χ1) is 10.0. The quantitative estimate of drug-likeness (QED) is 0.898. The summed E-state index contributed by atoms with van der Waals surface area (Å²) in [7, 11) is 0. The number of aromatic nitrogens is 1. The number of hydrogen-bond donors (Lipinski definition) is 1. The fourth-order valence-corrected chi connectivity index (χ4v) is 3.39. The summed E-state index contributed by atoms with van der Waals surface area (Å²) in [5.74, 6) is -0.868. The lowest BCUT2D eigenvalue weighted by Crippen LogP contribution is -2.43. The summed E-state index contributed by atoms with van der Waals surface area (Å²) in [4.78, 5) is 29.9. The lowest BCUT2D eigenvalue weighted by atomic mass is 9.72. The van der Waals surface area contributed by atoms with Crippen molar-refractivity contribution >= 4 is 17.6 Å². The van der Waals surface area contributed by atoms with Crippen molar-refractivity contribution in [2.45, 2.75) is 38.1 Å². The molecular formula is C15H17FN3O2. The average Bonchev–Trinajstić information content (AvgIpc) is 2.75. The Hall–Kier alpha value is -1.98. The van der Waals surface area contributed by atoms with Gasteiger partial charge in [-0.25, -0.2) is 9.37 Å². The number of rotatable bonds is 2. The van der Waals surface area contributed by atoms with Gasteiger partial charge in [-0.15, -0.1) is 0 Å². The van der Waals surface area contributed by atoms with Gasteiger partial charge >= 0.3 is 0 Å². The number of carbonyl (C=O) groups is 2. The van der Waals surface area contributed by atoms with Gasteiger partial charge in [-0.3, -0.25) is 14.5 Å². The molecule has 1 aromatic rings. The summed E-state index contributed by atoms with van der Waals surface area (Å²) >= 11 is 0. The van der Waals surface area contributed by atoms with E-state index >= 15 is 0 Å². The largest absolute Gasteiger partial charge is 0.368 e. The van der Waals surface area contributed by atoms with E-state index in [1.54, 1.807) is 0 Å². The highest BCUT2D eigenvalue weighted by molar-refractivity contribution is 6.06. The first-order valence-electron chi connectivity index (χ1n) is 7.10. The number of pyridine rings is 1. The summed E-state index contributed by atoms with van der Waals surface area (Å²) in [5, 5.41) is 0. The first kappa shape index (κ1) is 14.0. The molecule has 2 unspecified atom stereocenters. The van der Waals surface area contributed by atoms with Crippen LogP contribution in [0.1, 0.15) is 32.1 Å². The Morgan fingerprint density at radius 2 is 2.29 bits per heavy atom. The fourth-order valence-electron chi connectivity index (χ4n) is 3.39. The fraction of sp³-hybridized carbons (Fsp3) is 0.467. The average molecular weight is 290 g/mol. The van der Waals surface area contributed by atoms with Crippen LogP contribution in [0.2, 0.25) is 0 Å². The van der Waals surface area contributed by atoms with Crippen LogP contribution >= 0.6 is 0 Å². The molecule has 2 aliphatic rings. The van der Waals surface area contributed by atoms with Gasteiger partial charge < -0.3 is 5.73 Å². The van der Waals surface area contributed by atoms with Gasteiger partial charge in [0.25, 0.3) is 0 Å². The topological polar surface area (TPSA) is 76.3 Å². The van der Waals surface area contributed by atoms with Gasteiger partial charge in [-0.05, 0) is 37.8 Å². The number of hydrogen-bond acceptors (Lipinski definition) is 3. The predicted octanol–water partition coefficient (Wildman–Crippen LogP) is 1.58.